The lowest BCUT2D eigenvalue weighted by Gasteiger charge is -2.14. The van der Waals surface area contributed by atoms with Crippen LogP contribution in [-0.2, 0) is 6.54 Å². The van der Waals surface area contributed by atoms with E-state index >= 15 is 0 Å². The predicted octanol–water partition coefficient (Wildman–Crippen LogP) is 2.63. The van der Waals surface area contributed by atoms with E-state index in [1.807, 2.05) is 13.0 Å². The Morgan fingerprint density at radius 3 is 2.74 bits per heavy atom. The van der Waals surface area contributed by atoms with Gasteiger partial charge in [-0.25, -0.2) is 9.38 Å². The molecule has 0 bridgehead atoms. The van der Waals surface area contributed by atoms with Crippen molar-refractivity contribution in [2.75, 3.05) is 19.3 Å². The number of halogens is 1. The molecule has 0 heterocycles. The number of benzene rings is 1. The van der Waals surface area contributed by atoms with Gasteiger partial charge in [-0.15, -0.1) is 0 Å². The largest absolute Gasteiger partial charge is 0.357 e. The number of rotatable bonds is 6. The number of nitrogens with one attached hydrogen (secondary N) is 2. The first-order valence-corrected chi connectivity index (χ1v) is 7.74. The zero-order chi connectivity index (χ0) is 14.1. The molecule has 1 aromatic rings. The van der Waals surface area contributed by atoms with Crippen LogP contribution in [0.5, 0.6) is 0 Å². The van der Waals surface area contributed by atoms with Crippen LogP contribution < -0.4 is 10.6 Å². The van der Waals surface area contributed by atoms with Crippen LogP contribution in [0, 0.1) is 5.82 Å². The van der Waals surface area contributed by atoms with Gasteiger partial charge in [-0.1, -0.05) is 25.1 Å². The molecule has 0 spiro atoms. The van der Waals surface area contributed by atoms with Crippen LogP contribution in [0.2, 0.25) is 0 Å². The highest BCUT2D eigenvalue weighted by atomic mass is 32.2. The molecule has 0 radical (unpaired) electrons. The molecule has 0 aliphatic carbocycles. The van der Waals surface area contributed by atoms with Crippen molar-refractivity contribution in [3.8, 4) is 0 Å². The van der Waals surface area contributed by atoms with Crippen LogP contribution in [0.15, 0.2) is 29.3 Å². The highest BCUT2D eigenvalue weighted by Gasteiger charge is 2.03. The summed E-state index contributed by atoms with van der Waals surface area (Å²) in [6.45, 7) is 6.13. The lowest BCUT2D eigenvalue weighted by Crippen LogP contribution is -2.40. The Morgan fingerprint density at radius 1 is 1.37 bits per heavy atom. The van der Waals surface area contributed by atoms with Crippen molar-refractivity contribution < 1.29 is 4.39 Å². The van der Waals surface area contributed by atoms with E-state index in [2.05, 4.69) is 28.8 Å². The summed E-state index contributed by atoms with van der Waals surface area (Å²) in [6.07, 6.45) is 2.08. The normalized spacial score (nSPS) is 13.2. The monoisotopic (exact) mass is 283 g/mol. The molecule has 0 saturated carbocycles. The Balaban J connectivity index is 2.60. The number of hydrogen-bond donors (Lipinski definition) is 2. The summed E-state index contributed by atoms with van der Waals surface area (Å²) in [5.41, 5.74) is 0.609. The van der Waals surface area contributed by atoms with Gasteiger partial charge in [-0.05, 0) is 19.2 Å². The average molecular weight is 283 g/mol. The Bertz CT molecular complexity index is 409. The molecule has 0 aliphatic rings. The van der Waals surface area contributed by atoms with Crippen LogP contribution in [0.1, 0.15) is 19.4 Å². The van der Waals surface area contributed by atoms with Gasteiger partial charge >= 0.3 is 0 Å². The summed E-state index contributed by atoms with van der Waals surface area (Å²) in [6, 6.07) is 6.73. The molecular formula is C14H22FN3S. The summed E-state index contributed by atoms with van der Waals surface area (Å²) in [5.74, 6) is 0.520. The summed E-state index contributed by atoms with van der Waals surface area (Å²) in [4.78, 5) is 4.40. The van der Waals surface area contributed by atoms with Crippen molar-refractivity contribution in [2.24, 2.45) is 4.99 Å². The topological polar surface area (TPSA) is 36.4 Å². The minimum atomic E-state index is -0.209. The molecule has 0 fully saturated rings. The standard InChI is InChI=1S/C14H22FN3S/c1-4-16-14(17-9-11(2)19-3)18-10-12-7-5-6-8-13(12)15/h5-8,11H,4,9-10H2,1-3H3,(H2,16,17,18). The Kier molecular flexibility index (Phi) is 7.33. The third kappa shape index (κ3) is 5.96. The van der Waals surface area contributed by atoms with Gasteiger partial charge in [0.2, 0.25) is 0 Å². The van der Waals surface area contributed by atoms with Gasteiger partial charge < -0.3 is 10.6 Å². The first-order chi connectivity index (χ1) is 9.17. The van der Waals surface area contributed by atoms with E-state index in [4.69, 9.17) is 0 Å². The smallest absolute Gasteiger partial charge is 0.191 e. The fourth-order valence-electron chi connectivity index (χ4n) is 1.46. The second kappa shape index (κ2) is 8.80. The fourth-order valence-corrected chi connectivity index (χ4v) is 1.71. The second-order valence-electron chi connectivity index (χ2n) is 4.21. The van der Waals surface area contributed by atoms with Gasteiger partial charge in [-0.2, -0.15) is 11.8 Å². The Labute approximate surface area is 119 Å². The van der Waals surface area contributed by atoms with Crippen molar-refractivity contribution in [2.45, 2.75) is 25.6 Å². The molecule has 106 valence electrons. The van der Waals surface area contributed by atoms with Crippen LogP contribution in [0.3, 0.4) is 0 Å². The highest BCUT2D eigenvalue weighted by molar-refractivity contribution is 7.99. The molecule has 0 aliphatic heterocycles. The number of thioether (sulfide) groups is 1. The lowest BCUT2D eigenvalue weighted by molar-refractivity contribution is 0.610. The van der Waals surface area contributed by atoms with E-state index < -0.39 is 0 Å². The van der Waals surface area contributed by atoms with Gasteiger partial charge in [0.15, 0.2) is 5.96 Å². The Hall–Kier alpha value is -1.23. The zero-order valence-electron chi connectivity index (χ0n) is 11.7. The predicted molar refractivity (Wildman–Crippen MR) is 82.2 cm³/mol. The van der Waals surface area contributed by atoms with Crippen LogP contribution in [0.4, 0.5) is 4.39 Å². The minimum Gasteiger partial charge on any atom is -0.357 e. The van der Waals surface area contributed by atoms with E-state index in [0.29, 0.717) is 17.4 Å². The van der Waals surface area contributed by atoms with Crippen LogP contribution in [0.25, 0.3) is 0 Å². The van der Waals surface area contributed by atoms with Crippen molar-refractivity contribution in [3.63, 3.8) is 0 Å². The summed E-state index contributed by atoms with van der Waals surface area (Å²) >= 11 is 1.80. The zero-order valence-corrected chi connectivity index (χ0v) is 12.6. The van der Waals surface area contributed by atoms with Crippen molar-refractivity contribution in [1.82, 2.24) is 10.6 Å². The number of hydrogen-bond acceptors (Lipinski definition) is 2. The molecule has 5 heteroatoms. The molecule has 19 heavy (non-hydrogen) atoms. The molecule has 0 aromatic heterocycles. The molecule has 3 nitrogen and oxygen atoms in total. The van der Waals surface area contributed by atoms with Crippen molar-refractivity contribution in [1.29, 1.82) is 0 Å². The number of aliphatic imine (C=N–C) groups is 1. The second-order valence-corrected chi connectivity index (χ2v) is 5.49. The summed E-state index contributed by atoms with van der Waals surface area (Å²) in [5, 5.41) is 6.93. The molecule has 1 unspecified atom stereocenters. The number of guanidine groups is 1. The number of nitrogens with zero attached hydrogens (tertiary/aromatic N) is 1. The minimum absolute atomic E-state index is 0.209. The quantitative estimate of drug-likeness (QED) is 0.622. The average Bonchev–Trinajstić information content (AvgIpc) is 2.43. The Morgan fingerprint density at radius 2 is 2.11 bits per heavy atom. The van der Waals surface area contributed by atoms with Gasteiger partial charge in [0.1, 0.15) is 5.82 Å². The molecule has 2 N–H and O–H groups in total. The van der Waals surface area contributed by atoms with Crippen molar-refractivity contribution in [3.05, 3.63) is 35.6 Å². The first kappa shape index (κ1) is 15.8. The molecule has 0 saturated heterocycles. The van der Waals surface area contributed by atoms with Gasteiger partial charge in [0, 0.05) is 23.9 Å². The molecule has 1 atom stereocenters. The fraction of sp³-hybridized carbons (Fsp3) is 0.500. The molecule has 0 amide bonds. The maximum absolute atomic E-state index is 13.5. The summed E-state index contributed by atoms with van der Waals surface area (Å²) < 4.78 is 13.5. The highest BCUT2D eigenvalue weighted by Crippen LogP contribution is 2.07. The maximum atomic E-state index is 13.5. The van der Waals surface area contributed by atoms with E-state index in [1.165, 1.54) is 6.07 Å². The van der Waals surface area contributed by atoms with Crippen LogP contribution >= 0.6 is 11.8 Å². The van der Waals surface area contributed by atoms with Crippen molar-refractivity contribution >= 4 is 17.7 Å². The lowest BCUT2D eigenvalue weighted by atomic mass is 10.2. The van der Waals surface area contributed by atoms with E-state index in [0.717, 1.165) is 19.0 Å². The van der Waals surface area contributed by atoms with E-state index in [9.17, 15) is 4.39 Å². The van der Waals surface area contributed by atoms with E-state index in [1.54, 1.807) is 23.9 Å². The molecule has 1 aromatic carbocycles. The summed E-state index contributed by atoms with van der Waals surface area (Å²) in [7, 11) is 0. The maximum Gasteiger partial charge on any atom is 0.191 e. The van der Waals surface area contributed by atoms with Gasteiger partial charge in [-0.3, -0.25) is 0 Å². The SMILES string of the molecule is CCNC(=NCc1ccccc1F)NCC(C)SC. The van der Waals surface area contributed by atoms with Crippen LogP contribution in [-0.4, -0.2) is 30.6 Å². The van der Waals surface area contributed by atoms with Gasteiger partial charge in [0.05, 0.1) is 6.54 Å². The molecule has 1 rings (SSSR count). The third-order valence-corrected chi connectivity index (χ3v) is 3.64. The third-order valence-electron chi connectivity index (χ3n) is 2.67. The first-order valence-electron chi connectivity index (χ1n) is 6.45. The van der Waals surface area contributed by atoms with Gasteiger partial charge in [0.25, 0.3) is 0 Å². The molecular weight excluding hydrogens is 261 g/mol. The van der Waals surface area contributed by atoms with E-state index in [-0.39, 0.29) is 5.82 Å².